The van der Waals surface area contributed by atoms with Crippen molar-refractivity contribution in [2.75, 3.05) is 32.1 Å². The van der Waals surface area contributed by atoms with Gasteiger partial charge in [-0.25, -0.2) is 4.98 Å². The van der Waals surface area contributed by atoms with Gasteiger partial charge in [0.15, 0.2) is 0 Å². The van der Waals surface area contributed by atoms with Gasteiger partial charge in [0.1, 0.15) is 5.75 Å². The van der Waals surface area contributed by atoms with Gasteiger partial charge in [0.2, 0.25) is 5.88 Å². The van der Waals surface area contributed by atoms with Crippen LogP contribution in [0.5, 0.6) is 11.6 Å². The van der Waals surface area contributed by atoms with Gasteiger partial charge >= 0.3 is 0 Å². The van der Waals surface area contributed by atoms with E-state index in [1.54, 1.807) is 7.11 Å². The molecule has 122 valence electrons. The zero-order valence-electron chi connectivity index (χ0n) is 13.7. The summed E-state index contributed by atoms with van der Waals surface area (Å²) in [6, 6.07) is 10.2. The molecule has 1 aliphatic heterocycles. The number of ether oxygens (including phenoxy) is 2. The van der Waals surface area contributed by atoms with E-state index in [1.807, 2.05) is 31.3 Å². The van der Waals surface area contributed by atoms with E-state index in [4.69, 9.17) is 9.47 Å². The van der Waals surface area contributed by atoms with Crippen molar-refractivity contribution in [2.45, 2.75) is 20.0 Å². The van der Waals surface area contributed by atoms with E-state index in [2.05, 4.69) is 27.3 Å². The lowest BCUT2D eigenvalue weighted by Crippen LogP contribution is -2.25. The van der Waals surface area contributed by atoms with Crippen LogP contribution in [0.25, 0.3) is 0 Å². The minimum atomic E-state index is 0.629. The van der Waals surface area contributed by atoms with Gasteiger partial charge in [-0.1, -0.05) is 18.2 Å². The van der Waals surface area contributed by atoms with Gasteiger partial charge in [-0.3, -0.25) is 4.90 Å². The summed E-state index contributed by atoms with van der Waals surface area (Å²) in [5.74, 6) is 1.63. The molecule has 2 heterocycles. The Hall–Kier alpha value is -2.27. The van der Waals surface area contributed by atoms with E-state index in [1.165, 1.54) is 11.1 Å². The molecule has 0 fully saturated rings. The molecule has 0 radical (unpaired) electrons. The molecule has 0 atom stereocenters. The molecule has 0 unspecified atom stereocenters. The second kappa shape index (κ2) is 7.33. The molecule has 5 heteroatoms. The van der Waals surface area contributed by atoms with E-state index >= 15 is 0 Å². The molecule has 2 aromatic rings. The molecule has 0 saturated heterocycles. The summed E-state index contributed by atoms with van der Waals surface area (Å²) in [6.45, 7) is 6.19. The largest absolute Gasteiger partial charge is 0.496 e. The lowest BCUT2D eigenvalue weighted by molar-refractivity contribution is 0.265. The number of pyridine rings is 1. The van der Waals surface area contributed by atoms with Crippen LogP contribution in [0.2, 0.25) is 0 Å². The predicted molar refractivity (Wildman–Crippen MR) is 91.0 cm³/mol. The number of aromatic nitrogens is 1. The standard InChI is InChI=1S/C18H23N3O2/c1-3-23-18-10-15-13-21(9-8-19-16(15)11-20-18)12-14-6-4-5-7-17(14)22-2/h4-7,10-11,19H,3,8-9,12-13H2,1-2H3. The average molecular weight is 313 g/mol. The smallest absolute Gasteiger partial charge is 0.213 e. The molecule has 0 saturated carbocycles. The Morgan fingerprint density at radius 1 is 1.30 bits per heavy atom. The van der Waals surface area contributed by atoms with Gasteiger partial charge in [0.05, 0.1) is 25.6 Å². The SMILES string of the molecule is CCOc1cc2c(cn1)NCCN(Cc1ccccc1OC)C2. The van der Waals surface area contributed by atoms with Crippen molar-refractivity contribution in [3.05, 3.63) is 47.7 Å². The number of hydrogen-bond donors (Lipinski definition) is 1. The second-order valence-electron chi connectivity index (χ2n) is 5.56. The van der Waals surface area contributed by atoms with Crippen molar-refractivity contribution >= 4 is 5.69 Å². The molecule has 3 rings (SSSR count). The highest BCUT2D eigenvalue weighted by Crippen LogP contribution is 2.26. The number of anilines is 1. The Bertz CT molecular complexity index is 660. The van der Waals surface area contributed by atoms with Crippen LogP contribution in [0.3, 0.4) is 0 Å². The molecule has 1 aliphatic rings. The first-order valence-corrected chi connectivity index (χ1v) is 8.00. The molecular formula is C18H23N3O2. The zero-order valence-corrected chi connectivity index (χ0v) is 13.7. The minimum absolute atomic E-state index is 0.629. The Morgan fingerprint density at radius 3 is 3.00 bits per heavy atom. The van der Waals surface area contributed by atoms with Crippen LogP contribution in [0.15, 0.2) is 36.5 Å². The van der Waals surface area contributed by atoms with Gasteiger partial charge < -0.3 is 14.8 Å². The van der Waals surface area contributed by atoms with E-state index in [-0.39, 0.29) is 0 Å². The van der Waals surface area contributed by atoms with Crippen LogP contribution < -0.4 is 14.8 Å². The number of rotatable bonds is 5. The van der Waals surface area contributed by atoms with E-state index in [9.17, 15) is 0 Å². The van der Waals surface area contributed by atoms with Crippen LogP contribution in [-0.4, -0.2) is 36.7 Å². The molecule has 5 nitrogen and oxygen atoms in total. The molecule has 0 amide bonds. The van der Waals surface area contributed by atoms with Crippen molar-refractivity contribution < 1.29 is 9.47 Å². The highest BCUT2D eigenvalue weighted by molar-refractivity contribution is 5.51. The lowest BCUT2D eigenvalue weighted by Gasteiger charge is -2.21. The predicted octanol–water partition coefficient (Wildman–Crippen LogP) is 2.92. The fraction of sp³-hybridized carbons (Fsp3) is 0.389. The Kier molecular flexibility index (Phi) is 4.98. The molecule has 0 spiro atoms. The lowest BCUT2D eigenvalue weighted by atomic mass is 10.1. The monoisotopic (exact) mass is 313 g/mol. The summed E-state index contributed by atoms with van der Waals surface area (Å²) in [7, 11) is 1.72. The maximum Gasteiger partial charge on any atom is 0.213 e. The van der Waals surface area contributed by atoms with Crippen molar-refractivity contribution in [1.82, 2.24) is 9.88 Å². The van der Waals surface area contributed by atoms with Crippen molar-refractivity contribution in [2.24, 2.45) is 0 Å². The highest BCUT2D eigenvalue weighted by atomic mass is 16.5. The zero-order chi connectivity index (χ0) is 16.1. The fourth-order valence-corrected chi connectivity index (χ4v) is 2.87. The Balaban J connectivity index is 1.78. The van der Waals surface area contributed by atoms with E-state index in [0.717, 1.165) is 37.6 Å². The number of fused-ring (bicyclic) bond motifs is 1. The molecule has 1 aromatic carbocycles. The molecule has 23 heavy (non-hydrogen) atoms. The molecule has 1 N–H and O–H groups in total. The highest BCUT2D eigenvalue weighted by Gasteiger charge is 2.17. The number of benzene rings is 1. The van der Waals surface area contributed by atoms with Gasteiger partial charge in [-0.05, 0) is 18.6 Å². The second-order valence-corrected chi connectivity index (χ2v) is 5.56. The van der Waals surface area contributed by atoms with Crippen LogP contribution in [0.4, 0.5) is 5.69 Å². The van der Waals surface area contributed by atoms with Crippen molar-refractivity contribution in [1.29, 1.82) is 0 Å². The molecule has 0 bridgehead atoms. The quantitative estimate of drug-likeness (QED) is 0.919. The van der Waals surface area contributed by atoms with Gasteiger partial charge in [-0.15, -0.1) is 0 Å². The van der Waals surface area contributed by atoms with E-state index < -0.39 is 0 Å². The van der Waals surface area contributed by atoms with Gasteiger partial charge in [0.25, 0.3) is 0 Å². The third-order valence-corrected chi connectivity index (χ3v) is 3.98. The summed E-state index contributed by atoms with van der Waals surface area (Å²) < 4.78 is 11.0. The maximum atomic E-state index is 5.53. The average Bonchev–Trinajstić information content (AvgIpc) is 2.77. The van der Waals surface area contributed by atoms with Crippen LogP contribution in [0, 0.1) is 0 Å². The number of para-hydroxylation sites is 1. The summed E-state index contributed by atoms with van der Waals surface area (Å²) in [4.78, 5) is 6.75. The first-order chi connectivity index (χ1) is 11.3. The third-order valence-electron chi connectivity index (χ3n) is 3.98. The molecular weight excluding hydrogens is 290 g/mol. The number of nitrogens with zero attached hydrogens (tertiary/aromatic N) is 2. The minimum Gasteiger partial charge on any atom is -0.496 e. The normalized spacial score (nSPS) is 14.5. The van der Waals surface area contributed by atoms with Crippen molar-refractivity contribution in [3.8, 4) is 11.6 Å². The number of methoxy groups -OCH3 is 1. The maximum absolute atomic E-state index is 5.53. The first-order valence-electron chi connectivity index (χ1n) is 8.00. The third kappa shape index (κ3) is 3.74. The summed E-state index contributed by atoms with van der Waals surface area (Å²) in [6.07, 6.45) is 1.87. The fourth-order valence-electron chi connectivity index (χ4n) is 2.87. The van der Waals surface area contributed by atoms with Crippen LogP contribution >= 0.6 is 0 Å². The Morgan fingerprint density at radius 2 is 2.17 bits per heavy atom. The van der Waals surface area contributed by atoms with Crippen LogP contribution in [0.1, 0.15) is 18.1 Å². The van der Waals surface area contributed by atoms with Gasteiger partial charge in [0, 0.05) is 37.8 Å². The summed E-state index contributed by atoms with van der Waals surface area (Å²) in [5, 5.41) is 3.45. The Labute approximate surface area is 137 Å². The molecule has 1 aromatic heterocycles. The summed E-state index contributed by atoms with van der Waals surface area (Å²) in [5.41, 5.74) is 3.52. The number of hydrogen-bond acceptors (Lipinski definition) is 5. The number of nitrogens with one attached hydrogen (secondary N) is 1. The first kappa shape index (κ1) is 15.6. The van der Waals surface area contributed by atoms with Crippen LogP contribution in [-0.2, 0) is 13.1 Å². The topological polar surface area (TPSA) is 46.6 Å². The van der Waals surface area contributed by atoms with Gasteiger partial charge in [-0.2, -0.15) is 0 Å². The van der Waals surface area contributed by atoms with Crippen molar-refractivity contribution in [3.63, 3.8) is 0 Å². The molecule has 0 aliphatic carbocycles. The van der Waals surface area contributed by atoms with E-state index in [0.29, 0.717) is 12.5 Å². The summed E-state index contributed by atoms with van der Waals surface area (Å²) >= 11 is 0.